The number of hydrogen-bond acceptors (Lipinski definition) is 6. The van der Waals surface area contributed by atoms with Gasteiger partial charge in [-0.15, -0.1) is 4.90 Å². The molecule has 0 saturated carbocycles. The summed E-state index contributed by atoms with van der Waals surface area (Å²) in [5.41, 5.74) is 1.23. The first-order chi connectivity index (χ1) is 15.8. The van der Waals surface area contributed by atoms with Crippen LogP contribution in [0.5, 0.6) is 11.5 Å². The number of anilines is 1. The number of allylic oxidation sites excluding steroid dienone is 1. The van der Waals surface area contributed by atoms with Crippen LogP contribution >= 0.6 is 11.8 Å². The summed E-state index contributed by atoms with van der Waals surface area (Å²) in [5, 5.41) is 0.613. The minimum Gasteiger partial charge on any atom is -0.497 e. The summed E-state index contributed by atoms with van der Waals surface area (Å²) in [7, 11) is 3.02. The molecular weight excluding hydrogens is 442 g/mol. The van der Waals surface area contributed by atoms with Crippen molar-refractivity contribution in [3.05, 3.63) is 28.7 Å². The van der Waals surface area contributed by atoms with Crippen molar-refractivity contribution < 1.29 is 28.4 Å². The molecule has 0 radical (unpaired) electrons. The summed E-state index contributed by atoms with van der Waals surface area (Å²) in [6.45, 7) is 6.49. The predicted molar refractivity (Wildman–Crippen MR) is 127 cm³/mol. The van der Waals surface area contributed by atoms with Crippen molar-refractivity contribution in [1.82, 2.24) is 4.90 Å². The van der Waals surface area contributed by atoms with Crippen molar-refractivity contribution in [2.75, 3.05) is 32.2 Å². The lowest BCUT2D eigenvalue weighted by Crippen LogP contribution is -2.56. The number of imide groups is 1. The Labute approximate surface area is 198 Å². The molecule has 0 aromatic heterocycles. The average molecular weight is 473 g/mol. The summed E-state index contributed by atoms with van der Waals surface area (Å²) < 4.78 is 12.2. The molecular formula is C24H30N3O5S+. The standard InChI is InChI=1S/C24H30N3O5S/c1-14-8-6-7-11-25(14)20(28)13-26-23-21(15(2)16(3)33-23)22(29)27(24(26)30)18-10-9-17(31-4)12-19(18)32-5/h9-10,12,14,21H,6-8,11,13H2,1-5H3/q+1. The molecule has 33 heavy (non-hydrogen) atoms. The molecule has 1 aromatic carbocycles. The van der Waals surface area contributed by atoms with E-state index in [4.69, 9.17) is 9.47 Å². The third-order valence-electron chi connectivity index (χ3n) is 6.69. The van der Waals surface area contributed by atoms with Crippen LogP contribution in [0.4, 0.5) is 10.5 Å². The van der Waals surface area contributed by atoms with Gasteiger partial charge in [-0.2, -0.15) is 9.37 Å². The molecule has 9 heteroatoms. The van der Waals surface area contributed by atoms with Crippen LogP contribution in [0.15, 0.2) is 28.7 Å². The molecule has 1 fully saturated rings. The topological polar surface area (TPSA) is 79.2 Å². The maximum atomic E-state index is 13.7. The van der Waals surface area contributed by atoms with E-state index in [2.05, 4.69) is 0 Å². The number of urea groups is 1. The Kier molecular flexibility index (Phi) is 6.52. The number of carbonyl (C=O) groups excluding carboxylic acids is 3. The van der Waals surface area contributed by atoms with Gasteiger partial charge in [0.25, 0.3) is 5.91 Å². The Balaban J connectivity index is 1.76. The van der Waals surface area contributed by atoms with Crippen molar-refractivity contribution in [2.24, 2.45) is 5.92 Å². The number of ether oxygens (including phenoxy) is 2. The highest BCUT2D eigenvalue weighted by Gasteiger charge is 2.54. The zero-order valence-corrected chi connectivity index (χ0v) is 20.5. The van der Waals surface area contributed by atoms with Crippen LogP contribution in [0.3, 0.4) is 0 Å². The average Bonchev–Trinajstić information content (AvgIpc) is 3.11. The Morgan fingerprint density at radius 2 is 1.94 bits per heavy atom. The minimum absolute atomic E-state index is 0.0924. The maximum Gasteiger partial charge on any atom is 0.507 e. The summed E-state index contributed by atoms with van der Waals surface area (Å²) in [6, 6.07) is 4.56. The number of methoxy groups -OCH3 is 2. The van der Waals surface area contributed by atoms with E-state index in [-0.39, 0.29) is 24.4 Å². The fourth-order valence-corrected chi connectivity index (χ4v) is 5.90. The molecule has 0 bridgehead atoms. The Morgan fingerprint density at radius 1 is 1.18 bits per heavy atom. The molecule has 4 amide bonds. The van der Waals surface area contributed by atoms with Crippen LogP contribution < -0.4 is 14.4 Å². The lowest BCUT2D eigenvalue weighted by molar-refractivity contribution is -0.416. The number of benzene rings is 1. The molecule has 3 heterocycles. The lowest BCUT2D eigenvalue weighted by Gasteiger charge is -2.33. The van der Waals surface area contributed by atoms with E-state index < -0.39 is 11.9 Å². The molecule has 8 nitrogen and oxygen atoms in total. The van der Waals surface area contributed by atoms with Crippen molar-refractivity contribution in [2.45, 2.75) is 46.1 Å². The Bertz CT molecular complexity index is 1080. The second kappa shape index (κ2) is 9.21. The van der Waals surface area contributed by atoms with Crippen LogP contribution in [-0.2, 0) is 9.59 Å². The number of thioether (sulfide) groups is 1. The summed E-state index contributed by atoms with van der Waals surface area (Å²) in [5.74, 6) is -0.129. The summed E-state index contributed by atoms with van der Waals surface area (Å²) >= 11 is 1.41. The van der Waals surface area contributed by atoms with Gasteiger partial charge in [-0.25, -0.2) is 4.79 Å². The van der Waals surface area contributed by atoms with E-state index in [1.807, 2.05) is 25.7 Å². The van der Waals surface area contributed by atoms with E-state index >= 15 is 0 Å². The third kappa shape index (κ3) is 4.03. The van der Waals surface area contributed by atoms with E-state index in [1.54, 1.807) is 18.2 Å². The zero-order valence-electron chi connectivity index (χ0n) is 19.7. The van der Waals surface area contributed by atoms with Crippen molar-refractivity contribution in [3.63, 3.8) is 0 Å². The molecule has 2 atom stereocenters. The molecule has 0 aliphatic carbocycles. The number of nitrogens with zero attached hydrogens (tertiary/aromatic N) is 3. The van der Waals surface area contributed by atoms with Crippen LogP contribution in [0.2, 0.25) is 0 Å². The Morgan fingerprint density at radius 3 is 2.61 bits per heavy atom. The summed E-state index contributed by atoms with van der Waals surface area (Å²) in [4.78, 5) is 44.6. The lowest BCUT2D eigenvalue weighted by atomic mass is 9.97. The van der Waals surface area contributed by atoms with Crippen LogP contribution in [0.25, 0.3) is 0 Å². The van der Waals surface area contributed by atoms with Crippen molar-refractivity contribution >= 4 is 40.3 Å². The number of rotatable bonds is 5. The van der Waals surface area contributed by atoms with Crippen LogP contribution in [-0.4, -0.2) is 65.7 Å². The molecule has 4 rings (SSSR count). The van der Waals surface area contributed by atoms with Gasteiger partial charge in [-0.1, -0.05) is 11.8 Å². The number of piperidine rings is 1. The van der Waals surface area contributed by atoms with Gasteiger partial charge in [0, 0.05) is 18.7 Å². The molecule has 176 valence electrons. The van der Waals surface area contributed by atoms with Gasteiger partial charge < -0.3 is 14.4 Å². The number of likely N-dealkylation sites (tertiary alicyclic amines) is 1. The molecule has 0 spiro atoms. The normalized spacial score (nSPS) is 23.3. The van der Waals surface area contributed by atoms with Gasteiger partial charge in [-0.05, 0) is 62.6 Å². The minimum atomic E-state index is -0.592. The smallest absolute Gasteiger partial charge is 0.497 e. The molecule has 1 aromatic rings. The molecule has 1 saturated heterocycles. The highest BCUT2D eigenvalue weighted by Crippen LogP contribution is 2.43. The predicted octanol–water partition coefficient (Wildman–Crippen LogP) is 3.64. The SMILES string of the molecule is COc1ccc(N2C(=O)C3C(C)=C(C)SC3=[N+](CC(=O)N3CCCCC3C)C2=O)c(OC)c1. The van der Waals surface area contributed by atoms with Gasteiger partial charge in [-0.3, -0.25) is 4.79 Å². The van der Waals surface area contributed by atoms with E-state index in [0.29, 0.717) is 28.8 Å². The van der Waals surface area contributed by atoms with Gasteiger partial charge in [0.1, 0.15) is 5.75 Å². The first-order valence-corrected chi connectivity index (χ1v) is 12.0. The fraction of sp³-hybridized carbons (Fsp3) is 0.500. The first kappa shape index (κ1) is 23.4. The first-order valence-electron chi connectivity index (χ1n) is 11.2. The van der Waals surface area contributed by atoms with E-state index in [1.165, 1.54) is 30.6 Å². The second-order valence-electron chi connectivity index (χ2n) is 8.62. The van der Waals surface area contributed by atoms with E-state index in [9.17, 15) is 14.4 Å². The Hall–Kier alpha value is -2.81. The fourth-order valence-electron chi connectivity index (χ4n) is 4.66. The molecule has 0 N–H and O–H groups in total. The highest BCUT2D eigenvalue weighted by atomic mass is 32.2. The summed E-state index contributed by atoms with van der Waals surface area (Å²) in [6.07, 6.45) is 3.03. The highest BCUT2D eigenvalue weighted by molar-refractivity contribution is 8.17. The van der Waals surface area contributed by atoms with Crippen LogP contribution in [0.1, 0.15) is 40.0 Å². The number of amides is 4. The molecule has 3 aliphatic heterocycles. The number of hydrogen-bond donors (Lipinski definition) is 0. The maximum absolute atomic E-state index is 13.7. The molecule has 2 unspecified atom stereocenters. The monoisotopic (exact) mass is 472 g/mol. The third-order valence-corrected chi connectivity index (χ3v) is 7.99. The van der Waals surface area contributed by atoms with Crippen LogP contribution in [0, 0.1) is 5.92 Å². The van der Waals surface area contributed by atoms with E-state index in [0.717, 1.165) is 34.6 Å². The number of fused-ring (bicyclic) bond motifs is 1. The van der Waals surface area contributed by atoms with Gasteiger partial charge >= 0.3 is 11.9 Å². The quantitative estimate of drug-likeness (QED) is 0.609. The zero-order chi connectivity index (χ0) is 23.9. The largest absolute Gasteiger partial charge is 0.507 e. The number of carbonyl (C=O) groups is 3. The van der Waals surface area contributed by atoms with Gasteiger partial charge in [0.05, 0.1) is 14.2 Å². The van der Waals surface area contributed by atoms with Crippen molar-refractivity contribution in [3.8, 4) is 11.5 Å². The second-order valence-corrected chi connectivity index (χ2v) is 9.86. The van der Waals surface area contributed by atoms with Gasteiger partial charge in [0.2, 0.25) is 0 Å². The van der Waals surface area contributed by atoms with Crippen molar-refractivity contribution in [1.29, 1.82) is 0 Å². The molecule has 3 aliphatic rings. The van der Waals surface area contributed by atoms with Gasteiger partial charge in [0.15, 0.2) is 28.9 Å².